The maximum atomic E-state index is 4.04. The van der Waals surface area contributed by atoms with Crippen LogP contribution in [0, 0.1) is 0 Å². The minimum atomic E-state index is 1.12. The average Bonchev–Trinajstić information content (AvgIpc) is 2.77. The first-order valence-corrected chi connectivity index (χ1v) is 6.29. The van der Waals surface area contributed by atoms with Gasteiger partial charge in [-0.15, -0.1) is 0 Å². The molecular formula is C12H12N2S. The maximum Gasteiger partial charge on any atom is 0.0650 e. The first kappa shape index (κ1) is 9.04. The minimum Gasteiger partial charge on any atom is -0.278 e. The van der Waals surface area contributed by atoms with Crippen LogP contribution in [-0.4, -0.2) is 21.7 Å². The summed E-state index contributed by atoms with van der Waals surface area (Å²) in [6.07, 6.45) is 5.42. The van der Waals surface area contributed by atoms with Crippen molar-refractivity contribution in [1.82, 2.24) is 10.2 Å². The molecule has 0 spiro atoms. The van der Waals surface area contributed by atoms with E-state index in [1.807, 2.05) is 18.0 Å². The lowest BCUT2D eigenvalue weighted by molar-refractivity contribution is 1.12. The Bertz CT molecular complexity index is 513. The monoisotopic (exact) mass is 216 g/mol. The molecule has 3 heteroatoms. The van der Waals surface area contributed by atoms with E-state index in [-0.39, 0.29) is 0 Å². The van der Waals surface area contributed by atoms with Gasteiger partial charge in [-0.2, -0.15) is 16.9 Å². The summed E-state index contributed by atoms with van der Waals surface area (Å²) in [5.41, 5.74) is 3.95. The summed E-state index contributed by atoms with van der Waals surface area (Å²) in [4.78, 5) is 0. The van der Waals surface area contributed by atoms with Crippen LogP contribution >= 0.6 is 11.8 Å². The summed E-state index contributed by atoms with van der Waals surface area (Å²) < 4.78 is 0. The van der Waals surface area contributed by atoms with Crippen molar-refractivity contribution in [2.75, 3.05) is 11.5 Å². The van der Waals surface area contributed by atoms with Crippen LogP contribution in [0.2, 0.25) is 0 Å². The van der Waals surface area contributed by atoms with Gasteiger partial charge in [0.05, 0.1) is 11.7 Å². The van der Waals surface area contributed by atoms with Gasteiger partial charge < -0.3 is 0 Å². The van der Waals surface area contributed by atoms with Gasteiger partial charge in [0.15, 0.2) is 0 Å². The number of allylic oxidation sites excluding steroid dienone is 1. The second-order valence-electron chi connectivity index (χ2n) is 3.73. The van der Waals surface area contributed by atoms with Crippen molar-refractivity contribution in [1.29, 1.82) is 0 Å². The molecule has 0 saturated carbocycles. The Hall–Kier alpha value is -1.22. The summed E-state index contributed by atoms with van der Waals surface area (Å²) in [5.74, 6) is 2.40. The molecule has 0 unspecified atom stereocenters. The van der Waals surface area contributed by atoms with Gasteiger partial charge in [0, 0.05) is 11.1 Å². The molecule has 0 amide bonds. The normalized spacial score (nSPS) is 16.7. The predicted octanol–water partition coefficient (Wildman–Crippen LogP) is 3.08. The molecule has 0 saturated heterocycles. The first-order valence-electron chi connectivity index (χ1n) is 5.14. The quantitative estimate of drug-likeness (QED) is 0.793. The van der Waals surface area contributed by atoms with Gasteiger partial charge in [0.1, 0.15) is 0 Å². The number of hydrogen-bond acceptors (Lipinski definition) is 2. The van der Waals surface area contributed by atoms with Gasteiger partial charge in [-0.3, -0.25) is 5.10 Å². The van der Waals surface area contributed by atoms with Gasteiger partial charge >= 0.3 is 0 Å². The summed E-state index contributed by atoms with van der Waals surface area (Å²) in [6.45, 7) is 0. The molecule has 0 bridgehead atoms. The number of H-pyrrole nitrogens is 1. The molecular weight excluding hydrogens is 204 g/mol. The molecule has 15 heavy (non-hydrogen) atoms. The van der Waals surface area contributed by atoms with Crippen LogP contribution in [0.4, 0.5) is 0 Å². The zero-order chi connectivity index (χ0) is 10.1. The van der Waals surface area contributed by atoms with Crippen molar-refractivity contribution in [3.05, 3.63) is 36.0 Å². The largest absolute Gasteiger partial charge is 0.278 e. The molecule has 76 valence electrons. The van der Waals surface area contributed by atoms with E-state index in [0.717, 1.165) is 11.3 Å². The van der Waals surface area contributed by atoms with E-state index in [0.29, 0.717) is 0 Å². The molecule has 1 N–H and O–H groups in total. The second kappa shape index (κ2) is 3.74. The molecule has 1 aliphatic rings. The molecule has 2 aromatic rings. The first-order chi connectivity index (χ1) is 7.43. The lowest BCUT2D eigenvalue weighted by atomic mass is 10.0. The van der Waals surface area contributed by atoms with Crippen LogP contribution in [0.25, 0.3) is 16.5 Å². The molecule has 0 radical (unpaired) electrons. The molecule has 1 aliphatic heterocycles. The highest BCUT2D eigenvalue weighted by molar-refractivity contribution is 7.99. The van der Waals surface area contributed by atoms with Crippen LogP contribution in [0.3, 0.4) is 0 Å². The second-order valence-corrected chi connectivity index (χ2v) is 4.88. The Labute approximate surface area is 92.8 Å². The SMILES string of the molecule is C1=C(c2ccc3[nH]ncc3c2)CCSC1. The van der Waals surface area contributed by atoms with Crippen LogP contribution in [0.15, 0.2) is 30.5 Å². The number of aromatic nitrogens is 2. The highest BCUT2D eigenvalue weighted by Crippen LogP contribution is 2.27. The number of benzene rings is 1. The van der Waals surface area contributed by atoms with Gasteiger partial charge in [0.2, 0.25) is 0 Å². The highest BCUT2D eigenvalue weighted by Gasteiger charge is 2.07. The average molecular weight is 216 g/mol. The van der Waals surface area contributed by atoms with E-state index in [2.05, 4.69) is 34.5 Å². The van der Waals surface area contributed by atoms with Crippen LogP contribution in [-0.2, 0) is 0 Å². The minimum absolute atomic E-state index is 1.12. The molecule has 0 fully saturated rings. The van der Waals surface area contributed by atoms with Crippen LogP contribution < -0.4 is 0 Å². The van der Waals surface area contributed by atoms with Gasteiger partial charge in [-0.1, -0.05) is 12.1 Å². The smallest absolute Gasteiger partial charge is 0.0650 e. The van der Waals surface area contributed by atoms with Crippen molar-refractivity contribution < 1.29 is 0 Å². The lowest BCUT2D eigenvalue weighted by Gasteiger charge is -2.12. The standard InChI is InChI=1S/C12H12N2S/c1-2-12-11(8-13-14-12)7-10(1)9-3-5-15-6-4-9/h1-3,7-8H,4-6H2,(H,13,14). The molecule has 2 nitrogen and oxygen atoms in total. The number of aromatic amines is 1. The van der Waals surface area contributed by atoms with Crippen LogP contribution in [0.5, 0.6) is 0 Å². The molecule has 1 aromatic heterocycles. The summed E-state index contributed by atoms with van der Waals surface area (Å²) in [7, 11) is 0. The third kappa shape index (κ3) is 1.67. The van der Waals surface area contributed by atoms with E-state index in [1.165, 1.54) is 28.7 Å². The van der Waals surface area contributed by atoms with Crippen molar-refractivity contribution in [2.24, 2.45) is 0 Å². The highest BCUT2D eigenvalue weighted by atomic mass is 32.2. The summed E-state index contributed by atoms with van der Waals surface area (Å²) >= 11 is 2.00. The zero-order valence-corrected chi connectivity index (χ0v) is 9.18. The molecule has 3 rings (SSSR count). The van der Waals surface area contributed by atoms with Crippen molar-refractivity contribution in [2.45, 2.75) is 6.42 Å². The fraction of sp³-hybridized carbons (Fsp3) is 0.250. The Balaban J connectivity index is 2.06. The van der Waals surface area contributed by atoms with E-state index in [4.69, 9.17) is 0 Å². The van der Waals surface area contributed by atoms with E-state index < -0.39 is 0 Å². The summed E-state index contributed by atoms with van der Waals surface area (Å²) in [5, 5.41) is 8.22. The molecule has 0 atom stereocenters. The number of nitrogens with one attached hydrogen (secondary N) is 1. The lowest BCUT2D eigenvalue weighted by Crippen LogP contribution is -1.94. The van der Waals surface area contributed by atoms with E-state index in [9.17, 15) is 0 Å². The Kier molecular flexibility index (Phi) is 2.25. The number of hydrogen-bond donors (Lipinski definition) is 1. The summed E-state index contributed by atoms with van der Waals surface area (Å²) in [6, 6.07) is 6.52. The number of fused-ring (bicyclic) bond motifs is 1. The Morgan fingerprint density at radius 3 is 3.20 bits per heavy atom. The topological polar surface area (TPSA) is 28.7 Å². The number of thioether (sulfide) groups is 1. The third-order valence-corrected chi connectivity index (χ3v) is 3.67. The fourth-order valence-electron chi connectivity index (χ4n) is 1.93. The van der Waals surface area contributed by atoms with E-state index >= 15 is 0 Å². The van der Waals surface area contributed by atoms with E-state index in [1.54, 1.807) is 0 Å². The Morgan fingerprint density at radius 1 is 1.33 bits per heavy atom. The fourth-order valence-corrected chi connectivity index (χ4v) is 2.78. The number of nitrogens with zero attached hydrogens (tertiary/aromatic N) is 1. The Morgan fingerprint density at radius 2 is 2.33 bits per heavy atom. The maximum absolute atomic E-state index is 4.04. The molecule has 2 heterocycles. The van der Waals surface area contributed by atoms with Crippen molar-refractivity contribution in [3.63, 3.8) is 0 Å². The number of rotatable bonds is 1. The predicted molar refractivity (Wildman–Crippen MR) is 66.0 cm³/mol. The zero-order valence-electron chi connectivity index (χ0n) is 8.36. The van der Waals surface area contributed by atoms with Gasteiger partial charge in [0.25, 0.3) is 0 Å². The van der Waals surface area contributed by atoms with Crippen LogP contribution in [0.1, 0.15) is 12.0 Å². The van der Waals surface area contributed by atoms with Gasteiger partial charge in [-0.25, -0.2) is 0 Å². The van der Waals surface area contributed by atoms with Gasteiger partial charge in [-0.05, 0) is 35.4 Å². The molecule has 1 aromatic carbocycles. The van der Waals surface area contributed by atoms with Crippen molar-refractivity contribution in [3.8, 4) is 0 Å². The third-order valence-electron chi connectivity index (χ3n) is 2.77. The van der Waals surface area contributed by atoms with Crippen molar-refractivity contribution >= 4 is 28.2 Å². The molecule has 0 aliphatic carbocycles.